The number of rotatable bonds is 0. The van der Waals surface area contributed by atoms with Gasteiger partial charge in [-0.3, -0.25) is 0 Å². The van der Waals surface area contributed by atoms with E-state index in [1.54, 1.807) is 16.7 Å². The predicted molar refractivity (Wildman–Crippen MR) is 101 cm³/mol. The van der Waals surface area contributed by atoms with E-state index in [-0.39, 0.29) is 21.7 Å². The van der Waals surface area contributed by atoms with Crippen molar-refractivity contribution in [2.24, 2.45) is 0 Å². The standard InChI is InChI=1S/C22H37.Ir/c1-19(2,3)15-13-14-16(20(4,5)6)18(22(10,11)12)17(15)21(7,8)9;/h13H,1-12H3;. The summed E-state index contributed by atoms with van der Waals surface area (Å²) in [5.74, 6) is 0. The Morgan fingerprint density at radius 3 is 1.13 bits per heavy atom. The molecule has 0 atom stereocenters. The minimum atomic E-state index is 0.136. The predicted octanol–water partition coefficient (Wildman–Crippen LogP) is 6.05. The van der Waals surface area contributed by atoms with Gasteiger partial charge in [-0.25, -0.2) is 0 Å². The molecule has 0 saturated carbocycles. The maximum atomic E-state index is 2.47. The van der Waals surface area contributed by atoms with Crippen molar-refractivity contribution in [1.29, 1.82) is 0 Å². The molecule has 0 aromatic heterocycles. The molecule has 1 rings (SSSR count). The Bertz CT molecular complexity index is 579. The molecule has 0 fully saturated rings. The van der Waals surface area contributed by atoms with Crippen LogP contribution in [0.3, 0.4) is 0 Å². The zero-order valence-corrected chi connectivity index (χ0v) is 19.8. The molecule has 1 aromatic carbocycles. The van der Waals surface area contributed by atoms with Gasteiger partial charge in [0, 0.05) is 0 Å². The van der Waals surface area contributed by atoms with Crippen LogP contribution in [0.1, 0.15) is 105 Å². The molecule has 0 heterocycles. The molecule has 0 aliphatic carbocycles. The van der Waals surface area contributed by atoms with Gasteiger partial charge < -0.3 is 0 Å². The van der Waals surface area contributed by atoms with Crippen LogP contribution in [-0.4, -0.2) is 0 Å². The van der Waals surface area contributed by atoms with Crippen molar-refractivity contribution >= 4 is 4.08 Å². The Morgan fingerprint density at radius 1 is 0.522 bits per heavy atom. The van der Waals surface area contributed by atoms with E-state index in [0.29, 0.717) is 0 Å². The van der Waals surface area contributed by atoms with Crippen LogP contribution in [0.4, 0.5) is 0 Å². The van der Waals surface area contributed by atoms with Gasteiger partial charge in [-0.1, -0.05) is 0 Å². The first-order chi connectivity index (χ1) is 9.88. The Kier molecular flexibility index (Phi) is 5.45. The van der Waals surface area contributed by atoms with E-state index in [2.05, 4.69) is 108 Å². The van der Waals surface area contributed by atoms with E-state index in [9.17, 15) is 0 Å². The van der Waals surface area contributed by atoms with Crippen LogP contribution in [0.5, 0.6) is 0 Å². The van der Waals surface area contributed by atoms with Crippen molar-refractivity contribution < 1.29 is 18.9 Å². The summed E-state index contributed by atoms with van der Waals surface area (Å²) in [5, 5.41) is 0. The van der Waals surface area contributed by atoms with Crippen molar-refractivity contribution in [2.75, 3.05) is 0 Å². The topological polar surface area (TPSA) is 0 Å². The van der Waals surface area contributed by atoms with Gasteiger partial charge in [0.05, 0.1) is 0 Å². The summed E-state index contributed by atoms with van der Waals surface area (Å²) >= 11 is 2.30. The van der Waals surface area contributed by atoms with Crippen molar-refractivity contribution in [1.82, 2.24) is 0 Å². The molecule has 0 radical (unpaired) electrons. The van der Waals surface area contributed by atoms with E-state index in [4.69, 9.17) is 0 Å². The van der Waals surface area contributed by atoms with E-state index in [1.165, 1.54) is 9.64 Å². The number of benzene rings is 1. The van der Waals surface area contributed by atoms with E-state index >= 15 is 0 Å². The Balaban J connectivity index is 4.18. The summed E-state index contributed by atoms with van der Waals surface area (Å²) in [7, 11) is 0. The summed E-state index contributed by atoms with van der Waals surface area (Å²) in [6, 6.07) is 2.47. The second kappa shape index (κ2) is 5.99. The quantitative estimate of drug-likeness (QED) is 0.413. The van der Waals surface area contributed by atoms with Gasteiger partial charge in [-0.05, 0) is 0 Å². The summed E-state index contributed by atoms with van der Waals surface area (Å²) < 4.78 is 1.44. The van der Waals surface area contributed by atoms with E-state index < -0.39 is 0 Å². The molecule has 0 aliphatic rings. The molecule has 0 unspecified atom stereocenters. The normalized spacial score (nSPS) is 14.3. The van der Waals surface area contributed by atoms with E-state index in [0.717, 1.165) is 0 Å². The molecule has 0 amide bonds. The summed E-state index contributed by atoms with van der Waals surface area (Å²) in [6.07, 6.45) is 0. The Morgan fingerprint density at radius 2 is 0.870 bits per heavy atom. The molecule has 0 bridgehead atoms. The van der Waals surface area contributed by atoms with Crippen molar-refractivity contribution in [2.45, 2.75) is 105 Å². The molecule has 1 aromatic rings. The molecule has 134 valence electrons. The fraction of sp³-hybridized carbons (Fsp3) is 0.727. The van der Waals surface area contributed by atoms with Gasteiger partial charge in [0.1, 0.15) is 0 Å². The third-order valence-corrected chi connectivity index (χ3v) is 5.26. The molecule has 1 heteroatoms. The molecule has 0 spiro atoms. The molecule has 0 nitrogen and oxygen atoms in total. The second-order valence-corrected chi connectivity index (χ2v) is 12.3. The molecule has 0 aliphatic heterocycles. The van der Waals surface area contributed by atoms with Crippen LogP contribution < -0.4 is 4.08 Å². The van der Waals surface area contributed by atoms with E-state index in [1.807, 2.05) is 0 Å². The summed E-state index contributed by atoms with van der Waals surface area (Å²) in [4.78, 5) is 0. The molecular formula is C22H37Ir. The van der Waals surface area contributed by atoms with Crippen molar-refractivity contribution in [3.05, 3.63) is 28.3 Å². The van der Waals surface area contributed by atoms with Crippen LogP contribution in [0, 0.1) is 0 Å². The summed E-state index contributed by atoms with van der Waals surface area (Å²) in [6.45, 7) is 28.3. The third kappa shape index (κ3) is 4.49. The van der Waals surface area contributed by atoms with Crippen molar-refractivity contribution in [3.8, 4) is 0 Å². The second-order valence-electron chi connectivity index (χ2n) is 11.0. The van der Waals surface area contributed by atoms with Gasteiger partial charge in [0.25, 0.3) is 0 Å². The first kappa shape index (κ1) is 20.9. The van der Waals surface area contributed by atoms with Gasteiger partial charge in [0.15, 0.2) is 0 Å². The van der Waals surface area contributed by atoms with Crippen LogP contribution in [0.15, 0.2) is 6.07 Å². The third-order valence-electron chi connectivity index (χ3n) is 4.32. The zero-order chi connectivity index (χ0) is 18.6. The van der Waals surface area contributed by atoms with Crippen LogP contribution in [0.2, 0.25) is 0 Å². The van der Waals surface area contributed by atoms with Crippen molar-refractivity contribution in [3.63, 3.8) is 0 Å². The van der Waals surface area contributed by atoms with Gasteiger partial charge in [-0.15, -0.1) is 0 Å². The van der Waals surface area contributed by atoms with Crippen LogP contribution >= 0.6 is 0 Å². The minimum absolute atomic E-state index is 0.136. The first-order valence-corrected chi connectivity index (χ1v) is 9.94. The molecular weight excluding hydrogens is 456 g/mol. The number of hydrogen-bond acceptors (Lipinski definition) is 0. The first-order valence-electron chi connectivity index (χ1n) is 8.74. The number of hydrogen-bond donors (Lipinski definition) is 0. The monoisotopic (exact) mass is 494 g/mol. The SMILES string of the molecule is CC(C)(C)c1c[c]([Ir])c(C(C)(C)C)c(C(C)(C)C)c1C(C)(C)C. The van der Waals surface area contributed by atoms with Gasteiger partial charge in [0.2, 0.25) is 0 Å². The summed E-state index contributed by atoms with van der Waals surface area (Å²) in [5.41, 5.74) is 6.78. The maximum absolute atomic E-state index is 2.47. The average molecular weight is 494 g/mol. The average Bonchev–Trinajstić information content (AvgIpc) is 2.21. The van der Waals surface area contributed by atoms with Crippen LogP contribution in [-0.2, 0) is 40.6 Å². The van der Waals surface area contributed by atoms with Gasteiger partial charge >= 0.3 is 156 Å². The van der Waals surface area contributed by atoms with Crippen LogP contribution in [0.25, 0.3) is 0 Å². The Hall–Kier alpha value is -0.131. The molecule has 0 N–H and O–H groups in total. The molecule has 23 heavy (non-hydrogen) atoms. The van der Waals surface area contributed by atoms with Gasteiger partial charge in [-0.2, -0.15) is 0 Å². The fourth-order valence-corrected chi connectivity index (χ4v) is 5.02. The Labute approximate surface area is 156 Å². The fourth-order valence-electron chi connectivity index (χ4n) is 3.48. The zero-order valence-electron chi connectivity index (χ0n) is 17.4. The molecule has 0 saturated heterocycles.